The second kappa shape index (κ2) is 4.94. The molecular weight excluding hydrogens is 214 g/mol. The van der Waals surface area contributed by atoms with Crippen molar-refractivity contribution in [2.75, 3.05) is 13.1 Å². The minimum atomic E-state index is -0.557. The zero-order valence-electron chi connectivity index (χ0n) is 11.0. The number of hydrogen-bond acceptors (Lipinski definition) is 3. The van der Waals surface area contributed by atoms with Gasteiger partial charge in [-0.25, -0.2) is 0 Å². The summed E-state index contributed by atoms with van der Waals surface area (Å²) in [6.45, 7) is 6.04. The van der Waals surface area contributed by atoms with Crippen LogP contribution in [0.2, 0.25) is 0 Å². The van der Waals surface area contributed by atoms with Crippen molar-refractivity contribution in [1.29, 1.82) is 0 Å². The SMILES string of the molecule is CCC1CCCN1CC(C)(NC1CC1)C(N)=O. The minimum absolute atomic E-state index is 0.217. The van der Waals surface area contributed by atoms with Gasteiger partial charge in [0, 0.05) is 18.6 Å². The first-order chi connectivity index (χ1) is 8.05. The first-order valence-electron chi connectivity index (χ1n) is 6.87. The number of carbonyl (C=O) groups is 1. The number of primary amides is 1. The Labute approximate surface area is 104 Å². The maximum absolute atomic E-state index is 11.7. The van der Waals surface area contributed by atoms with Crippen molar-refractivity contribution in [1.82, 2.24) is 10.2 Å². The lowest BCUT2D eigenvalue weighted by Gasteiger charge is -2.35. The Bertz CT molecular complexity index is 290. The topological polar surface area (TPSA) is 58.4 Å². The van der Waals surface area contributed by atoms with Gasteiger partial charge in [-0.05, 0) is 45.6 Å². The molecule has 1 heterocycles. The van der Waals surface area contributed by atoms with E-state index in [4.69, 9.17) is 5.73 Å². The van der Waals surface area contributed by atoms with E-state index in [0.717, 1.165) is 19.5 Å². The summed E-state index contributed by atoms with van der Waals surface area (Å²) in [4.78, 5) is 14.1. The van der Waals surface area contributed by atoms with E-state index < -0.39 is 5.54 Å². The second-order valence-electron chi connectivity index (χ2n) is 5.79. The van der Waals surface area contributed by atoms with E-state index >= 15 is 0 Å². The molecule has 0 radical (unpaired) electrons. The molecule has 4 nitrogen and oxygen atoms in total. The van der Waals surface area contributed by atoms with Gasteiger partial charge >= 0.3 is 0 Å². The number of amides is 1. The van der Waals surface area contributed by atoms with Crippen LogP contribution in [0.4, 0.5) is 0 Å². The van der Waals surface area contributed by atoms with Crippen LogP contribution in [0.5, 0.6) is 0 Å². The standard InChI is InChI=1S/C13H25N3O/c1-3-11-5-4-8-16(11)9-13(2,12(14)17)15-10-6-7-10/h10-11,15H,3-9H2,1-2H3,(H2,14,17). The molecule has 0 aromatic heterocycles. The largest absolute Gasteiger partial charge is 0.368 e. The summed E-state index contributed by atoms with van der Waals surface area (Å²) in [5.41, 5.74) is 5.03. The van der Waals surface area contributed by atoms with Crippen LogP contribution in [0.3, 0.4) is 0 Å². The van der Waals surface area contributed by atoms with Gasteiger partial charge in [0.25, 0.3) is 0 Å². The van der Waals surface area contributed by atoms with Gasteiger partial charge in [0.1, 0.15) is 5.54 Å². The third-order valence-corrected chi connectivity index (χ3v) is 4.13. The minimum Gasteiger partial charge on any atom is -0.368 e. The van der Waals surface area contributed by atoms with Crippen LogP contribution in [0.25, 0.3) is 0 Å². The quantitative estimate of drug-likeness (QED) is 0.722. The molecule has 1 aliphatic carbocycles. The van der Waals surface area contributed by atoms with Gasteiger partial charge in [-0.1, -0.05) is 6.92 Å². The third-order valence-electron chi connectivity index (χ3n) is 4.13. The molecule has 2 fully saturated rings. The summed E-state index contributed by atoms with van der Waals surface area (Å²) in [6.07, 6.45) is 6.03. The highest BCUT2D eigenvalue weighted by molar-refractivity contribution is 5.84. The van der Waals surface area contributed by atoms with E-state index in [-0.39, 0.29) is 5.91 Å². The van der Waals surface area contributed by atoms with Crippen molar-refractivity contribution in [3.63, 3.8) is 0 Å². The molecule has 0 bridgehead atoms. The maximum Gasteiger partial charge on any atom is 0.238 e. The van der Waals surface area contributed by atoms with Crippen LogP contribution < -0.4 is 11.1 Å². The fraction of sp³-hybridized carbons (Fsp3) is 0.923. The number of nitrogens with zero attached hydrogens (tertiary/aromatic N) is 1. The van der Waals surface area contributed by atoms with Crippen molar-refractivity contribution in [2.24, 2.45) is 5.73 Å². The number of likely N-dealkylation sites (tertiary alicyclic amines) is 1. The Hall–Kier alpha value is -0.610. The van der Waals surface area contributed by atoms with Crippen molar-refractivity contribution in [3.8, 4) is 0 Å². The molecule has 2 aliphatic rings. The van der Waals surface area contributed by atoms with Crippen molar-refractivity contribution >= 4 is 5.91 Å². The highest BCUT2D eigenvalue weighted by atomic mass is 16.1. The Kier molecular flexibility index (Phi) is 3.73. The van der Waals surface area contributed by atoms with Crippen LogP contribution in [0.15, 0.2) is 0 Å². The van der Waals surface area contributed by atoms with E-state index in [1.807, 2.05) is 6.92 Å². The summed E-state index contributed by atoms with van der Waals surface area (Å²) < 4.78 is 0. The molecule has 0 spiro atoms. The van der Waals surface area contributed by atoms with Crippen LogP contribution in [-0.4, -0.2) is 41.5 Å². The summed E-state index contributed by atoms with van der Waals surface area (Å²) in [5.74, 6) is -0.217. The molecular formula is C13H25N3O. The van der Waals surface area contributed by atoms with Gasteiger partial charge in [-0.15, -0.1) is 0 Å². The molecule has 1 aliphatic heterocycles. The Balaban J connectivity index is 1.98. The summed E-state index contributed by atoms with van der Waals surface area (Å²) in [5, 5.41) is 3.42. The lowest BCUT2D eigenvalue weighted by molar-refractivity contribution is -0.124. The molecule has 3 N–H and O–H groups in total. The molecule has 4 heteroatoms. The van der Waals surface area contributed by atoms with E-state index in [1.165, 1.54) is 25.7 Å². The maximum atomic E-state index is 11.7. The smallest absolute Gasteiger partial charge is 0.238 e. The van der Waals surface area contributed by atoms with Gasteiger partial charge < -0.3 is 5.73 Å². The number of carbonyl (C=O) groups excluding carboxylic acids is 1. The highest BCUT2D eigenvalue weighted by Crippen LogP contribution is 2.26. The predicted molar refractivity (Wildman–Crippen MR) is 68.6 cm³/mol. The summed E-state index contributed by atoms with van der Waals surface area (Å²) >= 11 is 0. The highest BCUT2D eigenvalue weighted by Gasteiger charge is 2.40. The van der Waals surface area contributed by atoms with Crippen LogP contribution in [0, 0.1) is 0 Å². The van der Waals surface area contributed by atoms with Crippen LogP contribution in [-0.2, 0) is 4.79 Å². The molecule has 1 amide bonds. The van der Waals surface area contributed by atoms with Crippen molar-refractivity contribution < 1.29 is 4.79 Å². The normalized spacial score (nSPS) is 29.2. The first kappa shape index (κ1) is 12.8. The number of nitrogens with two attached hydrogens (primary N) is 1. The third kappa shape index (κ3) is 2.99. The van der Waals surface area contributed by atoms with E-state index in [9.17, 15) is 4.79 Å². The fourth-order valence-corrected chi connectivity index (χ4v) is 2.84. The zero-order chi connectivity index (χ0) is 12.5. The Morgan fingerprint density at radius 3 is 2.71 bits per heavy atom. The van der Waals surface area contributed by atoms with Gasteiger partial charge in [0.15, 0.2) is 0 Å². The summed E-state index contributed by atoms with van der Waals surface area (Å²) in [7, 11) is 0. The molecule has 1 saturated carbocycles. The monoisotopic (exact) mass is 239 g/mol. The van der Waals surface area contributed by atoms with Gasteiger partial charge in [0.05, 0.1) is 0 Å². The lowest BCUT2D eigenvalue weighted by atomic mass is 9.99. The van der Waals surface area contributed by atoms with E-state index in [1.54, 1.807) is 0 Å². The predicted octanol–water partition coefficient (Wildman–Crippen LogP) is 0.857. The van der Waals surface area contributed by atoms with Gasteiger partial charge in [0.2, 0.25) is 5.91 Å². The average molecular weight is 239 g/mol. The van der Waals surface area contributed by atoms with Crippen LogP contribution in [0.1, 0.15) is 46.0 Å². The average Bonchev–Trinajstić information content (AvgIpc) is 2.95. The number of hydrogen-bond donors (Lipinski definition) is 2. The first-order valence-corrected chi connectivity index (χ1v) is 6.87. The molecule has 2 unspecified atom stereocenters. The fourth-order valence-electron chi connectivity index (χ4n) is 2.84. The molecule has 2 atom stereocenters. The second-order valence-corrected chi connectivity index (χ2v) is 5.79. The zero-order valence-corrected chi connectivity index (χ0v) is 11.0. The summed E-state index contributed by atoms with van der Waals surface area (Å²) in [6, 6.07) is 1.14. The molecule has 0 aromatic carbocycles. The number of rotatable bonds is 6. The molecule has 0 aromatic rings. The van der Waals surface area contributed by atoms with Gasteiger partial charge in [-0.2, -0.15) is 0 Å². The lowest BCUT2D eigenvalue weighted by Crippen LogP contribution is -2.60. The van der Waals surface area contributed by atoms with Crippen molar-refractivity contribution in [3.05, 3.63) is 0 Å². The van der Waals surface area contributed by atoms with Crippen LogP contribution >= 0.6 is 0 Å². The molecule has 2 rings (SSSR count). The Morgan fingerprint density at radius 1 is 1.47 bits per heavy atom. The van der Waals surface area contributed by atoms with E-state index in [2.05, 4.69) is 17.1 Å². The number of nitrogens with one attached hydrogen (secondary N) is 1. The molecule has 1 saturated heterocycles. The van der Waals surface area contributed by atoms with Gasteiger partial charge in [-0.3, -0.25) is 15.0 Å². The molecule has 98 valence electrons. The van der Waals surface area contributed by atoms with E-state index in [0.29, 0.717) is 12.1 Å². The molecule has 17 heavy (non-hydrogen) atoms. The van der Waals surface area contributed by atoms with Crippen molar-refractivity contribution in [2.45, 2.75) is 63.6 Å². The Morgan fingerprint density at radius 2 is 2.18 bits per heavy atom.